The minimum absolute atomic E-state index is 0.0171. The summed E-state index contributed by atoms with van der Waals surface area (Å²) < 4.78 is 56.1. The van der Waals surface area contributed by atoms with Crippen LogP contribution >= 0.6 is 0 Å². The number of sulfonamides is 2. The molecule has 3 aromatic carbocycles. The third kappa shape index (κ3) is 5.40. The molecule has 0 saturated heterocycles. The molecule has 36 heavy (non-hydrogen) atoms. The zero-order chi connectivity index (χ0) is 26.8. The molecular formula is C21H17N5O8S2. The van der Waals surface area contributed by atoms with E-state index >= 15 is 0 Å². The van der Waals surface area contributed by atoms with Crippen molar-refractivity contribution in [3.63, 3.8) is 0 Å². The first-order valence-electron chi connectivity index (χ1n) is 9.85. The first kappa shape index (κ1) is 26.1. The van der Waals surface area contributed by atoms with Crippen LogP contribution in [0, 0.1) is 45.4 Å². The predicted octanol–water partition coefficient (Wildman–Crippen LogP) is 3.59. The quantitative estimate of drug-likeness (QED) is 0.321. The van der Waals surface area contributed by atoms with Crippen molar-refractivity contribution in [3.05, 3.63) is 91.5 Å². The lowest BCUT2D eigenvalue weighted by Crippen LogP contribution is -2.18. The Bertz CT molecular complexity index is 1660. The number of nitrogens with zero attached hydrogens (tertiary/aromatic N) is 3. The number of anilines is 2. The van der Waals surface area contributed by atoms with E-state index in [4.69, 9.17) is 0 Å². The fourth-order valence-corrected chi connectivity index (χ4v) is 5.29. The lowest BCUT2D eigenvalue weighted by molar-refractivity contribution is -0.385. The Hall–Kier alpha value is -4.55. The van der Waals surface area contributed by atoms with Crippen LogP contribution in [0.3, 0.4) is 0 Å². The summed E-state index contributed by atoms with van der Waals surface area (Å²) in [5.74, 6) is 0. The van der Waals surface area contributed by atoms with Gasteiger partial charge in [0.25, 0.3) is 31.4 Å². The Morgan fingerprint density at radius 3 is 1.58 bits per heavy atom. The molecule has 15 heteroatoms. The number of hydrogen-bond acceptors (Lipinski definition) is 9. The van der Waals surface area contributed by atoms with Crippen molar-refractivity contribution in [2.24, 2.45) is 0 Å². The third-order valence-corrected chi connectivity index (χ3v) is 7.74. The van der Waals surface area contributed by atoms with E-state index in [1.165, 1.54) is 32.0 Å². The van der Waals surface area contributed by atoms with Gasteiger partial charge in [0.2, 0.25) is 0 Å². The minimum atomic E-state index is -4.47. The largest absolute Gasteiger partial charge is 0.277 e. The van der Waals surface area contributed by atoms with Gasteiger partial charge in [-0.05, 0) is 44.2 Å². The Labute approximate surface area is 205 Å². The van der Waals surface area contributed by atoms with E-state index in [1.807, 2.05) is 0 Å². The zero-order valence-electron chi connectivity index (χ0n) is 18.6. The van der Waals surface area contributed by atoms with Gasteiger partial charge in [-0.2, -0.15) is 5.26 Å². The lowest BCUT2D eigenvalue weighted by Gasteiger charge is -2.15. The van der Waals surface area contributed by atoms with Crippen LogP contribution < -0.4 is 9.44 Å². The Kier molecular flexibility index (Phi) is 6.95. The normalized spacial score (nSPS) is 11.4. The standard InChI is InChI=1S/C21H17N5O8S2/c1-13-3-6-16(10-20(13)25(27)28)35(31,32)23-18-8-5-15(12-22)9-19(18)24-36(33,34)17-7-4-14(2)21(11-17)26(29)30/h3-11,23-24H,1-2H3. The summed E-state index contributed by atoms with van der Waals surface area (Å²) in [4.78, 5) is 20.0. The zero-order valence-corrected chi connectivity index (χ0v) is 20.3. The second-order valence-corrected chi connectivity index (χ2v) is 10.9. The van der Waals surface area contributed by atoms with Crippen LogP contribution in [0.2, 0.25) is 0 Å². The van der Waals surface area contributed by atoms with Crippen molar-refractivity contribution in [1.29, 1.82) is 5.26 Å². The van der Waals surface area contributed by atoms with E-state index in [0.29, 0.717) is 0 Å². The number of benzene rings is 3. The molecule has 3 rings (SSSR count). The van der Waals surface area contributed by atoms with Gasteiger partial charge in [-0.25, -0.2) is 16.8 Å². The predicted molar refractivity (Wildman–Crippen MR) is 128 cm³/mol. The molecule has 0 atom stereocenters. The summed E-state index contributed by atoms with van der Waals surface area (Å²) in [6.45, 7) is 2.87. The molecule has 0 bridgehead atoms. The van der Waals surface area contributed by atoms with Gasteiger partial charge >= 0.3 is 0 Å². The van der Waals surface area contributed by atoms with E-state index in [0.717, 1.165) is 36.4 Å². The molecule has 0 spiro atoms. The van der Waals surface area contributed by atoms with Crippen molar-refractivity contribution in [2.75, 3.05) is 9.44 Å². The first-order chi connectivity index (χ1) is 16.7. The Morgan fingerprint density at radius 1 is 0.722 bits per heavy atom. The second kappa shape index (κ2) is 9.60. The second-order valence-electron chi connectivity index (χ2n) is 7.49. The number of rotatable bonds is 8. The van der Waals surface area contributed by atoms with Crippen LogP contribution in [0.1, 0.15) is 16.7 Å². The molecule has 0 aliphatic carbocycles. The van der Waals surface area contributed by atoms with Crippen molar-refractivity contribution < 1.29 is 26.7 Å². The van der Waals surface area contributed by atoms with Crippen LogP contribution in [0.25, 0.3) is 0 Å². The topological polar surface area (TPSA) is 202 Å². The monoisotopic (exact) mass is 531 g/mol. The van der Waals surface area contributed by atoms with Gasteiger partial charge < -0.3 is 0 Å². The van der Waals surface area contributed by atoms with E-state index in [-0.39, 0.29) is 28.1 Å². The van der Waals surface area contributed by atoms with Crippen LogP contribution in [-0.4, -0.2) is 26.7 Å². The van der Waals surface area contributed by atoms with Crippen LogP contribution in [-0.2, 0) is 20.0 Å². The third-order valence-electron chi connectivity index (χ3n) is 5.01. The molecule has 0 aliphatic heterocycles. The molecule has 0 heterocycles. The highest BCUT2D eigenvalue weighted by molar-refractivity contribution is 7.93. The van der Waals surface area contributed by atoms with Gasteiger partial charge in [0.15, 0.2) is 0 Å². The minimum Gasteiger partial charge on any atom is -0.277 e. The number of aryl methyl sites for hydroxylation is 2. The van der Waals surface area contributed by atoms with E-state index < -0.39 is 51.1 Å². The summed E-state index contributed by atoms with van der Waals surface area (Å²) in [6, 6.07) is 11.7. The fourth-order valence-electron chi connectivity index (χ4n) is 3.10. The summed E-state index contributed by atoms with van der Waals surface area (Å²) in [5.41, 5.74) is -1.06. The van der Waals surface area contributed by atoms with Gasteiger partial charge in [0, 0.05) is 23.3 Å². The maximum atomic E-state index is 13.0. The molecule has 2 N–H and O–H groups in total. The molecule has 0 unspecified atom stereocenters. The maximum Gasteiger partial charge on any atom is 0.273 e. The summed E-state index contributed by atoms with van der Waals surface area (Å²) in [7, 11) is -8.90. The number of nitro benzene ring substituents is 2. The van der Waals surface area contributed by atoms with Gasteiger partial charge in [-0.3, -0.25) is 29.7 Å². The average Bonchev–Trinajstić information content (AvgIpc) is 2.79. The van der Waals surface area contributed by atoms with E-state index in [9.17, 15) is 42.3 Å². The van der Waals surface area contributed by atoms with Crippen LogP contribution in [0.4, 0.5) is 22.7 Å². The summed E-state index contributed by atoms with van der Waals surface area (Å²) in [5, 5.41) is 31.6. The van der Waals surface area contributed by atoms with Crippen LogP contribution in [0.5, 0.6) is 0 Å². The molecular weight excluding hydrogens is 514 g/mol. The molecule has 0 radical (unpaired) electrons. The highest BCUT2D eigenvalue weighted by Gasteiger charge is 2.24. The van der Waals surface area contributed by atoms with Crippen LogP contribution in [0.15, 0.2) is 64.4 Å². The van der Waals surface area contributed by atoms with E-state index in [1.54, 1.807) is 6.07 Å². The Balaban J connectivity index is 2.05. The first-order valence-corrected chi connectivity index (χ1v) is 12.8. The molecule has 0 aliphatic rings. The average molecular weight is 532 g/mol. The van der Waals surface area contributed by atoms with Gasteiger partial charge in [0.1, 0.15) is 0 Å². The van der Waals surface area contributed by atoms with E-state index in [2.05, 4.69) is 9.44 Å². The summed E-state index contributed by atoms with van der Waals surface area (Å²) >= 11 is 0. The molecule has 0 saturated carbocycles. The van der Waals surface area contributed by atoms with Gasteiger partial charge in [-0.1, -0.05) is 12.1 Å². The number of hydrogen-bond donors (Lipinski definition) is 2. The number of nitrogens with one attached hydrogen (secondary N) is 2. The summed E-state index contributed by atoms with van der Waals surface area (Å²) in [6.07, 6.45) is 0. The lowest BCUT2D eigenvalue weighted by atomic mass is 10.2. The SMILES string of the molecule is Cc1ccc(S(=O)(=O)Nc2ccc(C#N)cc2NS(=O)(=O)c2ccc(C)c([N+](=O)[O-])c2)cc1[N+](=O)[O-]. The van der Waals surface area contributed by atoms with Gasteiger partial charge in [0.05, 0.1) is 42.6 Å². The smallest absolute Gasteiger partial charge is 0.273 e. The molecule has 0 amide bonds. The fraction of sp³-hybridized carbons (Fsp3) is 0.0952. The Morgan fingerprint density at radius 2 is 1.17 bits per heavy atom. The molecule has 0 aromatic heterocycles. The van der Waals surface area contributed by atoms with Gasteiger partial charge in [-0.15, -0.1) is 0 Å². The maximum absolute atomic E-state index is 13.0. The molecule has 3 aromatic rings. The highest BCUT2D eigenvalue weighted by Crippen LogP contribution is 2.31. The van der Waals surface area contributed by atoms with Crippen molar-refractivity contribution in [2.45, 2.75) is 23.6 Å². The number of nitro groups is 2. The number of nitriles is 1. The van der Waals surface area contributed by atoms with Crippen molar-refractivity contribution >= 4 is 42.8 Å². The molecule has 186 valence electrons. The van der Waals surface area contributed by atoms with Crippen molar-refractivity contribution in [1.82, 2.24) is 0 Å². The highest BCUT2D eigenvalue weighted by atomic mass is 32.2. The van der Waals surface area contributed by atoms with Crippen molar-refractivity contribution in [3.8, 4) is 6.07 Å². The molecule has 0 fully saturated rings. The molecule has 13 nitrogen and oxygen atoms in total.